The van der Waals surface area contributed by atoms with E-state index >= 15 is 0 Å². The predicted molar refractivity (Wildman–Crippen MR) is 73.5 cm³/mol. The van der Waals surface area contributed by atoms with E-state index < -0.39 is 0 Å². The van der Waals surface area contributed by atoms with Crippen LogP contribution in [-0.4, -0.2) is 30.1 Å². The summed E-state index contributed by atoms with van der Waals surface area (Å²) < 4.78 is 0. The third kappa shape index (κ3) is 4.59. The fourth-order valence-corrected chi connectivity index (χ4v) is 1.80. The molecule has 0 spiro atoms. The molecule has 0 bridgehead atoms. The Morgan fingerprint density at radius 3 is 2.18 bits per heavy atom. The van der Waals surface area contributed by atoms with Gasteiger partial charge < -0.3 is 10.2 Å². The van der Waals surface area contributed by atoms with Crippen molar-refractivity contribution in [2.75, 3.05) is 30.4 Å². The first-order chi connectivity index (χ1) is 8.02. The molecule has 1 N–H and O–H groups in total. The molecule has 0 aliphatic heterocycles. The number of hydrogen-bond donors (Lipinski definition) is 1. The molecular formula is C13H24N4. The highest BCUT2D eigenvalue weighted by atomic mass is 15.2. The Kier molecular flexibility index (Phi) is 5.19. The van der Waals surface area contributed by atoms with E-state index in [0.29, 0.717) is 11.8 Å². The van der Waals surface area contributed by atoms with E-state index in [9.17, 15) is 0 Å². The monoisotopic (exact) mass is 236 g/mol. The Labute approximate surface area is 104 Å². The molecule has 4 heteroatoms. The van der Waals surface area contributed by atoms with Crippen molar-refractivity contribution >= 4 is 11.6 Å². The Morgan fingerprint density at radius 1 is 1.12 bits per heavy atom. The van der Waals surface area contributed by atoms with Crippen molar-refractivity contribution in [2.45, 2.75) is 27.7 Å². The van der Waals surface area contributed by atoms with Crippen LogP contribution in [0.1, 0.15) is 27.7 Å². The third-order valence-corrected chi connectivity index (χ3v) is 2.40. The van der Waals surface area contributed by atoms with Crippen molar-refractivity contribution in [3.63, 3.8) is 0 Å². The van der Waals surface area contributed by atoms with Crippen LogP contribution in [0.2, 0.25) is 0 Å². The summed E-state index contributed by atoms with van der Waals surface area (Å²) in [7, 11) is 1.88. The van der Waals surface area contributed by atoms with Gasteiger partial charge in [0.05, 0.1) is 0 Å². The van der Waals surface area contributed by atoms with Crippen LogP contribution in [0.15, 0.2) is 12.4 Å². The van der Waals surface area contributed by atoms with Crippen molar-refractivity contribution in [3.05, 3.63) is 12.4 Å². The molecule has 0 amide bonds. The van der Waals surface area contributed by atoms with Crippen molar-refractivity contribution < 1.29 is 0 Å². The third-order valence-electron chi connectivity index (χ3n) is 2.40. The lowest BCUT2D eigenvalue weighted by molar-refractivity contribution is 0.548. The van der Waals surface area contributed by atoms with Gasteiger partial charge in [-0.15, -0.1) is 0 Å². The molecule has 0 aliphatic rings. The van der Waals surface area contributed by atoms with E-state index in [1.54, 1.807) is 6.33 Å². The highest BCUT2D eigenvalue weighted by Gasteiger charge is 2.12. The average Bonchev–Trinajstić information content (AvgIpc) is 2.27. The van der Waals surface area contributed by atoms with Crippen LogP contribution >= 0.6 is 0 Å². The van der Waals surface area contributed by atoms with Gasteiger partial charge in [0.2, 0.25) is 0 Å². The Balaban J connectivity index is 2.86. The first-order valence-corrected chi connectivity index (χ1v) is 6.27. The minimum atomic E-state index is 0.627. The molecule has 0 unspecified atom stereocenters. The Morgan fingerprint density at radius 2 is 1.71 bits per heavy atom. The van der Waals surface area contributed by atoms with Crippen LogP contribution in [-0.2, 0) is 0 Å². The van der Waals surface area contributed by atoms with E-state index in [0.717, 1.165) is 24.7 Å². The molecule has 1 heterocycles. The van der Waals surface area contributed by atoms with Gasteiger partial charge >= 0.3 is 0 Å². The van der Waals surface area contributed by atoms with E-state index in [2.05, 4.69) is 47.9 Å². The molecule has 17 heavy (non-hydrogen) atoms. The normalized spacial score (nSPS) is 11.0. The van der Waals surface area contributed by atoms with E-state index in [-0.39, 0.29) is 0 Å². The second kappa shape index (κ2) is 6.42. The van der Waals surface area contributed by atoms with E-state index in [1.165, 1.54) is 0 Å². The molecule has 0 atom stereocenters. The summed E-state index contributed by atoms with van der Waals surface area (Å²) in [5.41, 5.74) is 0. The first kappa shape index (κ1) is 13.7. The number of nitrogens with one attached hydrogen (secondary N) is 1. The van der Waals surface area contributed by atoms with Crippen LogP contribution in [0.4, 0.5) is 11.6 Å². The van der Waals surface area contributed by atoms with Gasteiger partial charge in [0, 0.05) is 26.2 Å². The molecule has 0 aliphatic carbocycles. The minimum absolute atomic E-state index is 0.627. The standard InChI is InChI=1S/C13H24N4/c1-10(2)7-17(8-11(3)4)13-6-12(14-5)15-9-16-13/h6,9-11H,7-8H2,1-5H3,(H,14,15,16). The van der Waals surface area contributed by atoms with Crippen molar-refractivity contribution in [1.29, 1.82) is 0 Å². The zero-order valence-electron chi connectivity index (χ0n) is 11.6. The zero-order valence-corrected chi connectivity index (χ0v) is 11.6. The fourth-order valence-electron chi connectivity index (χ4n) is 1.80. The molecule has 1 rings (SSSR count). The summed E-state index contributed by atoms with van der Waals surface area (Å²) in [6, 6.07) is 2.00. The lowest BCUT2D eigenvalue weighted by atomic mass is 10.1. The number of rotatable bonds is 6. The van der Waals surface area contributed by atoms with Crippen LogP contribution in [0.3, 0.4) is 0 Å². The van der Waals surface area contributed by atoms with Crippen molar-refractivity contribution in [2.24, 2.45) is 11.8 Å². The van der Waals surface area contributed by atoms with E-state index in [4.69, 9.17) is 0 Å². The van der Waals surface area contributed by atoms with E-state index in [1.807, 2.05) is 13.1 Å². The Bertz CT molecular complexity index is 326. The summed E-state index contributed by atoms with van der Waals surface area (Å²) in [6.45, 7) is 11.0. The van der Waals surface area contributed by atoms with Gasteiger partial charge in [-0.2, -0.15) is 0 Å². The van der Waals surface area contributed by atoms with Crippen LogP contribution in [0.5, 0.6) is 0 Å². The van der Waals surface area contributed by atoms with Crippen LogP contribution in [0, 0.1) is 11.8 Å². The number of aromatic nitrogens is 2. The molecule has 0 saturated carbocycles. The smallest absolute Gasteiger partial charge is 0.134 e. The van der Waals surface area contributed by atoms with Crippen LogP contribution < -0.4 is 10.2 Å². The summed E-state index contributed by atoms with van der Waals surface area (Å²) in [5.74, 6) is 3.13. The molecule has 0 fully saturated rings. The van der Waals surface area contributed by atoms with Gasteiger partial charge in [-0.3, -0.25) is 0 Å². The minimum Gasteiger partial charge on any atom is -0.373 e. The SMILES string of the molecule is CNc1cc(N(CC(C)C)CC(C)C)ncn1. The predicted octanol–water partition coefficient (Wildman–Crippen LogP) is 2.64. The second-order valence-corrected chi connectivity index (χ2v) is 5.20. The lowest BCUT2D eigenvalue weighted by Gasteiger charge is -2.27. The molecular weight excluding hydrogens is 212 g/mol. The van der Waals surface area contributed by atoms with Gasteiger partial charge in [0.1, 0.15) is 18.0 Å². The number of hydrogen-bond acceptors (Lipinski definition) is 4. The quantitative estimate of drug-likeness (QED) is 0.824. The summed E-state index contributed by atoms with van der Waals surface area (Å²) in [5, 5.41) is 3.05. The van der Waals surface area contributed by atoms with Crippen molar-refractivity contribution in [3.8, 4) is 0 Å². The molecule has 0 aromatic carbocycles. The van der Waals surface area contributed by atoms with Gasteiger partial charge in [-0.05, 0) is 11.8 Å². The van der Waals surface area contributed by atoms with Crippen LogP contribution in [0.25, 0.3) is 0 Å². The zero-order chi connectivity index (χ0) is 12.8. The lowest BCUT2D eigenvalue weighted by Crippen LogP contribution is -2.32. The topological polar surface area (TPSA) is 41.0 Å². The molecule has 1 aromatic heterocycles. The van der Waals surface area contributed by atoms with Gasteiger partial charge in [-0.1, -0.05) is 27.7 Å². The van der Waals surface area contributed by atoms with Crippen molar-refractivity contribution in [1.82, 2.24) is 9.97 Å². The number of anilines is 2. The molecule has 4 nitrogen and oxygen atoms in total. The van der Waals surface area contributed by atoms with Gasteiger partial charge in [-0.25, -0.2) is 9.97 Å². The maximum atomic E-state index is 4.37. The maximum absolute atomic E-state index is 4.37. The number of nitrogens with zero attached hydrogens (tertiary/aromatic N) is 3. The fraction of sp³-hybridized carbons (Fsp3) is 0.692. The molecule has 0 saturated heterocycles. The largest absolute Gasteiger partial charge is 0.373 e. The second-order valence-electron chi connectivity index (χ2n) is 5.20. The molecule has 1 aromatic rings. The summed E-state index contributed by atoms with van der Waals surface area (Å²) in [4.78, 5) is 10.8. The first-order valence-electron chi connectivity index (χ1n) is 6.27. The summed E-state index contributed by atoms with van der Waals surface area (Å²) in [6.07, 6.45) is 1.62. The highest BCUT2D eigenvalue weighted by molar-refractivity contribution is 5.48. The summed E-state index contributed by atoms with van der Waals surface area (Å²) >= 11 is 0. The maximum Gasteiger partial charge on any atom is 0.134 e. The Hall–Kier alpha value is -1.32. The highest BCUT2D eigenvalue weighted by Crippen LogP contribution is 2.16. The molecule has 0 radical (unpaired) electrons. The van der Waals surface area contributed by atoms with Gasteiger partial charge in [0.25, 0.3) is 0 Å². The molecule has 96 valence electrons. The average molecular weight is 236 g/mol. The van der Waals surface area contributed by atoms with Gasteiger partial charge in [0.15, 0.2) is 0 Å².